The van der Waals surface area contributed by atoms with Gasteiger partial charge in [0.05, 0.1) is 12.6 Å². The molecule has 94 valence electrons. The second-order valence-corrected chi connectivity index (χ2v) is 4.44. The number of methoxy groups -OCH3 is 1. The van der Waals surface area contributed by atoms with E-state index in [1.165, 1.54) is 0 Å². The molecule has 0 saturated heterocycles. The zero-order valence-electron chi connectivity index (χ0n) is 9.77. The molecule has 0 saturated carbocycles. The molecule has 17 heavy (non-hydrogen) atoms. The van der Waals surface area contributed by atoms with Crippen molar-refractivity contribution in [3.8, 4) is 0 Å². The maximum absolute atomic E-state index is 8.60. The lowest BCUT2D eigenvalue weighted by Crippen LogP contribution is -2.33. The Balaban J connectivity index is 2.94. The molecule has 1 atom stereocenters. The lowest BCUT2D eigenvalue weighted by atomic mass is 10.1. The molecular formula is C11H16BrN3O2. The second kappa shape index (κ2) is 6.46. The molecule has 0 bridgehead atoms. The van der Waals surface area contributed by atoms with Gasteiger partial charge in [0.1, 0.15) is 0 Å². The van der Waals surface area contributed by atoms with E-state index in [1.54, 1.807) is 7.11 Å². The molecular weight excluding hydrogens is 286 g/mol. The van der Waals surface area contributed by atoms with Gasteiger partial charge >= 0.3 is 0 Å². The van der Waals surface area contributed by atoms with E-state index in [9.17, 15) is 0 Å². The number of halogens is 1. The fourth-order valence-electron chi connectivity index (χ4n) is 1.38. The topological polar surface area (TPSA) is 79.9 Å². The summed E-state index contributed by atoms with van der Waals surface area (Å²) in [5.74, 6) is 0.133. The molecule has 0 spiro atoms. The van der Waals surface area contributed by atoms with E-state index < -0.39 is 0 Å². The summed E-state index contributed by atoms with van der Waals surface area (Å²) in [5.41, 5.74) is 7.40. The van der Waals surface area contributed by atoms with E-state index in [0.717, 1.165) is 15.7 Å². The highest BCUT2D eigenvalue weighted by atomic mass is 79.9. The summed E-state index contributed by atoms with van der Waals surface area (Å²) in [7, 11) is 1.64. The molecule has 0 aliphatic heterocycles. The standard InChI is InChI=1S/C11H16BrN3O2/c1-7(11(13)15-16)14-10-5-3-4-9(12)8(10)6-17-2/h3-5,7,14,16H,6H2,1-2H3,(H2,13,15). The largest absolute Gasteiger partial charge is 0.409 e. The molecule has 6 heteroatoms. The highest BCUT2D eigenvalue weighted by molar-refractivity contribution is 9.10. The lowest BCUT2D eigenvalue weighted by Gasteiger charge is -2.17. The number of hydrogen-bond donors (Lipinski definition) is 3. The minimum atomic E-state index is -0.259. The maximum atomic E-state index is 8.60. The molecule has 0 aliphatic carbocycles. The van der Waals surface area contributed by atoms with Crippen LogP contribution in [0.25, 0.3) is 0 Å². The first kappa shape index (κ1) is 13.8. The summed E-state index contributed by atoms with van der Waals surface area (Å²) in [4.78, 5) is 0. The third-order valence-corrected chi connectivity index (χ3v) is 3.08. The maximum Gasteiger partial charge on any atom is 0.161 e. The Morgan fingerprint density at radius 1 is 1.65 bits per heavy atom. The van der Waals surface area contributed by atoms with Crippen LogP contribution in [0.3, 0.4) is 0 Å². The average Bonchev–Trinajstić information content (AvgIpc) is 2.32. The predicted molar refractivity (Wildman–Crippen MR) is 71.3 cm³/mol. The quantitative estimate of drug-likeness (QED) is 0.337. The Bertz CT molecular complexity index is 410. The lowest BCUT2D eigenvalue weighted by molar-refractivity contribution is 0.185. The van der Waals surface area contributed by atoms with Crippen LogP contribution in [-0.2, 0) is 11.3 Å². The zero-order chi connectivity index (χ0) is 12.8. The Morgan fingerprint density at radius 2 is 2.35 bits per heavy atom. The number of amidine groups is 1. The van der Waals surface area contributed by atoms with Gasteiger partial charge in [-0.3, -0.25) is 0 Å². The van der Waals surface area contributed by atoms with Gasteiger partial charge in [-0.1, -0.05) is 27.2 Å². The van der Waals surface area contributed by atoms with Gasteiger partial charge in [-0.15, -0.1) is 0 Å². The summed E-state index contributed by atoms with van der Waals surface area (Å²) in [6.45, 7) is 2.29. The van der Waals surface area contributed by atoms with Crippen LogP contribution < -0.4 is 11.1 Å². The Labute approximate surface area is 109 Å². The normalized spacial score (nSPS) is 13.5. The molecule has 5 nitrogen and oxygen atoms in total. The van der Waals surface area contributed by atoms with Gasteiger partial charge < -0.3 is 21.0 Å². The molecule has 1 unspecified atom stereocenters. The molecule has 0 aliphatic rings. The third kappa shape index (κ3) is 3.61. The summed E-state index contributed by atoms with van der Waals surface area (Å²) < 4.78 is 6.09. The van der Waals surface area contributed by atoms with Crippen molar-refractivity contribution in [2.75, 3.05) is 12.4 Å². The number of anilines is 1. The highest BCUT2D eigenvalue weighted by Crippen LogP contribution is 2.26. The number of nitrogens with zero attached hydrogens (tertiary/aromatic N) is 1. The van der Waals surface area contributed by atoms with Crippen molar-refractivity contribution in [3.63, 3.8) is 0 Å². The van der Waals surface area contributed by atoms with Gasteiger partial charge in [0.2, 0.25) is 0 Å². The van der Waals surface area contributed by atoms with Crippen LogP contribution in [-0.4, -0.2) is 24.2 Å². The molecule has 1 rings (SSSR count). The second-order valence-electron chi connectivity index (χ2n) is 3.59. The third-order valence-electron chi connectivity index (χ3n) is 2.34. The van der Waals surface area contributed by atoms with Crippen molar-refractivity contribution in [1.29, 1.82) is 0 Å². The smallest absolute Gasteiger partial charge is 0.161 e. The zero-order valence-corrected chi connectivity index (χ0v) is 11.4. The van der Waals surface area contributed by atoms with E-state index in [1.807, 2.05) is 25.1 Å². The number of nitrogens with one attached hydrogen (secondary N) is 1. The fraction of sp³-hybridized carbons (Fsp3) is 0.364. The van der Waals surface area contributed by atoms with Crippen molar-refractivity contribution in [1.82, 2.24) is 0 Å². The molecule has 0 radical (unpaired) electrons. The Kier molecular flexibility index (Phi) is 5.24. The van der Waals surface area contributed by atoms with Crippen molar-refractivity contribution in [3.05, 3.63) is 28.2 Å². The van der Waals surface area contributed by atoms with E-state index in [-0.39, 0.29) is 11.9 Å². The van der Waals surface area contributed by atoms with E-state index >= 15 is 0 Å². The minimum Gasteiger partial charge on any atom is -0.409 e. The number of benzene rings is 1. The Hall–Kier alpha value is -1.27. The predicted octanol–water partition coefficient (Wildman–Crippen LogP) is 2.14. The van der Waals surface area contributed by atoms with Crippen LogP contribution in [0.4, 0.5) is 5.69 Å². The van der Waals surface area contributed by atoms with Crippen LogP contribution in [0.15, 0.2) is 27.8 Å². The summed E-state index contributed by atoms with van der Waals surface area (Å²) in [5, 5.41) is 14.7. The molecule has 0 amide bonds. The van der Waals surface area contributed by atoms with Gasteiger partial charge in [0.25, 0.3) is 0 Å². The number of ether oxygens (including phenoxy) is 1. The number of oxime groups is 1. The van der Waals surface area contributed by atoms with Gasteiger partial charge in [0, 0.05) is 22.8 Å². The van der Waals surface area contributed by atoms with Crippen LogP contribution in [0, 0.1) is 0 Å². The van der Waals surface area contributed by atoms with E-state index in [0.29, 0.717) is 6.61 Å². The van der Waals surface area contributed by atoms with E-state index in [2.05, 4.69) is 26.4 Å². The van der Waals surface area contributed by atoms with E-state index in [4.69, 9.17) is 15.7 Å². The van der Waals surface area contributed by atoms with Gasteiger partial charge in [-0.2, -0.15) is 0 Å². The van der Waals surface area contributed by atoms with Crippen molar-refractivity contribution >= 4 is 27.5 Å². The SMILES string of the molecule is COCc1c(Br)cccc1NC(C)C(N)=NO. The van der Waals surface area contributed by atoms with Crippen LogP contribution >= 0.6 is 15.9 Å². The van der Waals surface area contributed by atoms with Crippen molar-refractivity contribution < 1.29 is 9.94 Å². The first-order valence-corrected chi connectivity index (χ1v) is 5.89. The molecule has 0 heterocycles. The first-order valence-electron chi connectivity index (χ1n) is 5.10. The average molecular weight is 302 g/mol. The minimum absolute atomic E-state index is 0.133. The number of rotatable bonds is 5. The summed E-state index contributed by atoms with van der Waals surface area (Å²) in [6, 6.07) is 5.50. The monoisotopic (exact) mass is 301 g/mol. The van der Waals surface area contributed by atoms with Gasteiger partial charge in [-0.25, -0.2) is 0 Å². The van der Waals surface area contributed by atoms with Gasteiger partial charge in [0.15, 0.2) is 5.84 Å². The number of hydrogen-bond acceptors (Lipinski definition) is 4. The fourth-order valence-corrected chi connectivity index (χ4v) is 1.86. The van der Waals surface area contributed by atoms with Crippen LogP contribution in [0.2, 0.25) is 0 Å². The molecule has 0 aromatic heterocycles. The molecule has 1 aromatic carbocycles. The van der Waals surface area contributed by atoms with Crippen LogP contribution in [0.5, 0.6) is 0 Å². The van der Waals surface area contributed by atoms with Crippen molar-refractivity contribution in [2.45, 2.75) is 19.6 Å². The van der Waals surface area contributed by atoms with Crippen LogP contribution in [0.1, 0.15) is 12.5 Å². The molecule has 4 N–H and O–H groups in total. The molecule has 0 fully saturated rings. The first-order chi connectivity index (χ1) is 8.10. The number of nitrogens with two attached hydrogens (primary N) is 1. The Morgan fingerprint density at radius 3 is 2.94 bits per heavy atom. The summed E-state index contributed by atoms with van der Waals surface area (Å²) in [6.07, 6.45) is 0. The molecule has 1 aromatic rings. The van der Waals surface area contributed by atoms with Crippen molar-refractivity contribution in [2.24, 2.45) is 10.9 Å². The van der Waals surface area contributed by atoms with Gasteiger partial charge in [-0.05, 0) is 19.1 Å². The summed E-state index contributed by atoms with van der Waals surface area (Å²) >= 11 is 3.46. The highest BCUT2D eigenvalue weighted by Gasteiger charge is 2.11.